The highest BCUT2D eigenvalue weighted by Gasteiger charge is 2.18. The summed E-state index contributed by atoms with van der Waals surface area (Å²) in [5, 5.41) is 2.82. The maximum absolute atomic E-state index is 12.9. The molecule has 0 bridgehead atoms. The van der Waals surface area contributed by atoms with Crippen molar-refractivity contribution in [2.45, 2.75) is 18.9 Å². The topological polar surface area (TPSA) is 41.6 Å². The zero-order chi connectivity index (χ0) is 16.9. The average Bonchev–Trinajstić information content (AvgIpc) is 2.63. The number of hydrogen-bond acceptors (Lipinski definition) is 3. The first-order valence-corrected chi connectivity index (χ1v) is 8.10. The molecule has 0 saturated carbocycles. The van der Waals surface area contributed by atoms with Crippen LogP contribution >= 0.6 is 0 Å². The fraction of sp³-hybridized carbons (Fsp3) is 0.316. The van der Waals surface area contributed by atoms with Crippen molar-refractivity contribution in [1.29, 1.82) is 0 Å². The number of nitrogens with one attached hydrogen (secondary N) is 1. The number of ether oxygens (including phenoxy) is 1. The third-order valence-electron chi connectivity index (χ3n) is 4.37. The van der Waals surface area contributed by atoms with E-state index < -0.39 is 0 Å². The minimum atomic E-state index is -0.354. The van der Waals surface area contributed by atoms with Crippen LogP contribution in [-0.2, 0) is 4.74 Å². The van der Waals surface area contributed by atoms with Crippen LogP contribution in [0.1, 0.15) is 23.2 Å². The summed E-state index contributed by atoms with van der Waals surface area (Å²) in [7, 11) is 1.76. The molecule has 1 aliphatic heterocycles. The van der Waals surface area contributed by atoms with Gasteiger partial charge in [-0.15, -0.1) is 0 Å². The Bertz CT molecular complexity index is 678. The molecule has 1 aliphatic rings. The molecule has 1 N–H and O–H groups in total. The van der Waals surface area contributed by atoms with Gasteiger partial charge in [-0.25, -0.2) is 4.39 Å². The zero-order valence-electron chi connectivity index (χ0n) is 13.7. The third kappa shape index (κ3) is 3.92. The number of carbonyl (C=O) groups is 1. The molecule has 5 heteroatoms. The molecule has 0 atom stereocenters. The summed E-state index contributed by atoms with van der Waals surface area (Å²) >= 11 is 0. The number of benzene rings is 2. The number of halogens is 1. The van der Waals surface area contributed by atoms with E-state index in [-0.39, 0.29) is 11.7 Å². The minimum absolute atomic E-state index is 0.247. The highest BCUT2D eigenvalue weighted by atomic mass is 19.1. The van der Waals surface area contributed by atoms with Crippen LogP contribution in [0.5, 0.6) is 0 Å². The van der Waals surface area contributed by atoms with Crippen LogP contribution < -0.4 is 10.2 Å². The standard InChI is InChI=1S/C19H21FN2O2/c1-24-18-10-12-22(13-11-18)17-8-6-16(7-9-17)21-19(23)14-2-4-15(20)5-3-14/h2-9,18H,10-13H2,1H3,(H,21,23). The van der Waals surface area contributed by atoms with Gasteiger partial charge in [0.25, 0.3) is 5.91 Å². The van der Waals surface area contributed by atoms with Gasteiger partial charge in [-0.3, -0.25) is 4.79 Å². The van der Waals surface area contributed by atoms with Crippen LogP contribution in [0.2, 0.25) is 0 Å². The molecule has 1 heterocycles. The van der Waals surface area contributed by atoms with Gasteiger partial charge in [0.05, 0.1) is 6.10 Å². The van der Waals surface area contributed by atoms with E-state index in [1.165, 1.54) is 24.3 Å². The van der Waals surface area contributed by atoms with Crippen LogP contribution in [0.4, 0.5) is 15.8 Å². The number of methoxy groups -OCH3 is 1. The van der Waals surface area contributed by atoms with Crippen molar-refractivity contribution in [3.8, 4) is 0 Å². The van der Waals surface area contributed by atoms with Gasteiger partial charge in [0, 0.05) is 37.1 Å². The lowest BCUT2D eigenvalue weighted by molar-refractivity contribution is 0.0819. The molecule has 0 aromatic heterocycles. The molecule has 0 aliphatic carbocycles. The number of carbonyl (C=O) groups excluding carboxylic acids is 1. The molecule has 0 unspecified atom stereocenters. The molecule has 2 aromatic rings. The molecule has 1 amide bonds. The van der Waals surface area contributed by atoms with Gasteiger partial charge in [0.2, 0.25) is 0 Å². The molecule has 0 radical (unpaired) electrons. The van der Waals surface area contributed by atoms with E-state index in [1.807, 2.05) is 24.3 Å². The second-order valence-corrected chi connectivity index (χ2v) is 5.93. The second-order valence-electron chi connectivity index (χ2n) is 5.93. The Morgan fingerprint density at radius 2 is 1.71 bits per heavy atom. The fourth-order valence-corrected chi connectivity index (χ4v) is 2.91. The fourth-order valence-electron chi connectivity index (χ4n) is 2.91. The minimum Gasteiger partial charge on any atom is -0.381 e. The summed E-state index contributed by atoms with van der Waals surface area (Å²) in [4.78, 5) is 14.4. The van der Waals surface area contributed by atoms with E-state index in [1.54, 1.807) is 7.11 Å². The van der Waals surface area contributed by atoms with Crippen molar-refractivity contribution < 1.29 is 13.9 Å². The quantitative estimate of drug-likeness (QED) is 0.930. The van der Waals surface area contributed by atoms with Gasteiger partial charge in [-0.1, -0.05) is 0 Å². The lowest BCUT2D eigenvalue weighted by Gasteiger charge is -2.33. The maximum atomic E-state index is 12.9. The van der Waals surface area contributed by atoms with Gasteiger partial charge in [-0.2, -0.15) is 0 Å². The lowest BCUT2D eigenvalue weighted by atomic mass is 10.1. The molecule has 0 spiro atoms. The number of amides is 1. The molecular weight excluding hydrogens is 307 g/mol. The normalized spacial score (nSPS) is 15.3. The van der Waals surface area contributed by atoms with Crippen LogP contribution in [-0.4, -0.2) is 32.2 Å². The summed E-state index contributed by atoms with van der Waals surface area (Å²) in [6.07, 6.45) is 2.41. The van der Waals surface area contributed by atoms with Crippen LogP contribution in [0, 0.1) is 5.82 Å². The Morgan fingerprint density at radius 3 is 2.29 bits per heavy atom. The molecule has 24 heavy (non-hydrogen) atoms. The number of rotatable bonds is 4. The van der Waals surface area contributed by atoms with Crippen molar-refractivity contribution in [2.75, 3.05) is 30.4 Å². The first-order valence-electron chi connectivity index (χ1n) is 8.10. The SMILES string of the molecule is COC1CCN(c2ccc(NC(=O)c3ccc(F)cc3)cc2)CC1. The molecule has 3 rings (SSSR count). The monoisotopic (exact) mass is 328 g/mol. The maximum Gasteiger partial charge on any atom is 0.255 e. The van der Waals surface area contributed by atoms with Gasteiger partial charge in [0.15, 0.2) is 0 Å². The molecule has 2 aromatic carbocycles. The Labute approximate surface area is 141 Å². The van der Waals surface area contributed by atoms with Crippen molar-refractivity contribution in [3.63, 3.8) is 0 Å². The Morgan fingerprint density at radius 1 is 1.08 bits per heavy atom. The second kappa shape index (κ2) is 7.45. The molecular formula is C19H21FN2O2. The van der Waals surface area contributed by atoms with Crippen molar-refractivity contribution in [2.24, 2.45) is 0 Å². The molecule has 126 valence electrons. The van der Waals surface area contributed by atoms with Gasteiger partial charge in [0.1, 0.15) is 5.82 Å². The number of hydrogen-bond donors (Lipinski definition) is 1. The smallest absolute Gasteiger partial charge is 0.255 e. The van der Waals surface area contributed by atoms with Crippen molar-refractivity contribution in [3.05, 3.63) is 59.9 Å². The highest BCUT2D eigenvalue weighted by molar-refractivity contribution is 6.04. The predicted octanol–water partition coefficient (Wildman–Crippen LogP) is 3.69. The molecule has 1 fully saturated rings. The van der Waals surface area contributed by atoms with E-state index >= 15 is 0 Å². The van der Waals surface area contributed by atoms with Crippen LogP contribution in [0.25, 0.3) is 0 Å². The van der Waals surface area contributed by atoms with Crippen LogP contribution in [0.3, 0.4) is 0 Å². The summed E-state index contributed by atoms with van der Waals surface area (Å²) in [5.74, 6) is -0.600. The first-order chi connectivity index (χ1) is 11.7. The van der Waals surface area contributed by atoms with Gasteiger partial charge < -0.3 is 15.0 Å². The number of anilines is 2. The van der Waals surface area contributed by atoms with E-state index in [9.17, 15) is 9.18 Å². The van der Waals surface area contributed by atoms with Gasteiger partial charge >= 0.3 is 0 Å². The average molecular weight is 328 g/mol. The Balaban J connectivity index is 1.60. The van der Waals surface area contributed by atoms with Gasteiger partial charge in [-0.05, 0) is 61.4 Å². The number of nitrogens with zero attached hydrogens (tertiary/aromatic N) is 1. The predicted molar refractivity (Wildman–Crippen MR) is 93.0 cm³/mol. The van der Waals surface area contributed by atoms with Crippen LogP contribution in [0.15, 0.2) is 48.5 Å². The lowest BCUT2D eigenvalue weighted by Crippen LogP contribution is -2.36. The van der Waals surface area contributed by atoms with E-state index in [0.717, 1.165) is 37.3 Å². The largest absolute Gasteiger partial charge is 0.381 e. The summed E-state index contributed by atoms with van der Waals surface area (Å²) in [6, 6.07) is 13.3. The Kier molecular flexibility index (Phi) is 5.11. The van der Waals surface area contributed by atoms with Crippen molar-refractivity contribution >= 4 is 17.3 Å². The number of piperidine rings is 1. The van der Waals surface area contributed by atoms with E-state index in [2.05, 4.69) is 10.2 Å². The zero-order valence-corrected chi connectivity index (χ0v) is 13.7. The third-order valence-corrected chi connectivity index (χ3v) is 4.37. The summed E-state index contributed by atoms with van der Waals surface area (Å²) in [6.45, 7) is 1.94. The summed E-state index contributed by atoms with van der Waals surface area (Å²) in [5.41, 5.74) is 2.30. The van der Waals surface area contributed by atoms with E-state index in [4.69, 9.17) is 4.74 Å². The summed E-state index contributed by atoms with van der Waals surface area (Å²) < 4.78 is 18.3. The molecule has 1 saturated heterocycles. The highest BCUT2D eigenvalue weighted by Crippen LogP contribution is 2.23. The van der Waals surface area contributed by atoms with E-state index in [0.29, 0.717) is 11.7 Å². The molecule has 4 nitrogen and oxygen atoms in total. The van der Waals surface area contributed by atoms with Crippen molar-refractivity contribution in [1.82, 2.24) is 0 Å². The Hall–Kier alpha value is -2.40. The first kappa shape index (κ1) is 16.5.